The molecule has 10 heteroatoms. The molecule has 0 atom stereocenters. The SMILES string of the molecule is NC(=O)c1cnn(-c2ccn3nc(-c4cccnc4)nc3c2)c1C(N)=O. The Morgan fingerprint density at radius 3 is 2.62 bits per heavy atom. The van der Waals surface area contributed by atoms with Crippen molar-refractivity contribution in [1.82, 2.24) is 29.4 Å². The zero-order valence-electron chi connectivity index (χ0n) is 13.3. The number of nitrogens with zero attached hydrogens (tertiary/aromatic N) is 6. The molecular weight excluding hydrogens is 336 g/mol. The van der Waals surface area contributed by atoms with E-state index in [-0.39, 0.29) is 11.3 Å². The molecule has 0 radical (unpaired) electrons. The minimum absolute atomic E-state index is 0.0464. The fourth-order valence-electron chi connectivity index (χ4n) is 2.58. The fourth-order valence-corrected chi connectivity index (χ4v) is 2.58. The second kappa shape index (κ2) is 5.77. The van der Waals surface area contributed by atoms with Crippen molar-refractivity contribution in [3.63, 3.8) is 0 Å². The molecule has 0 aromatic carbocycles. The smallest absolute Gasteiger partial charge is 0.268 e. The summed E-state index contributed by atoms with van der Waals surface area (Å²) in [5.41, 5.74) is 12.3. The van der Waals surface area contributed by atoms with Gasteiger partial charge in [-0.3, -0.25) is 14.6 Å². The summed E-state index contributed by atoms with van der Waals surface area (Å²) < 4.78 is 2.83. The standard InChI is InChI=1S/C16H12N8O2/c17-14(25)11-8-20-24(13(11)15(18)26)10-3-5-23-12(6-10)21-16(22-23)9-2-1-4-19-7-9/h1-8H,(H2,17,25)(H2,18,26). The van der Waals surface area contributed by atoms with E-state index in [0.29, 0.717) is 17.2 Å². The van der Waals surface area contributed by atoms with Crippen LogP contribution < -0.4 is 11.5 Å². The molecule has 0 unspecified atom stereocenters. The first-order valence-electron chi connectivity index (χ1n) is 7.49. The van der Waals surface area contributed by atoms with E-state index in [1.165, 1.54) is 10.9 Å². The molecule has 0 bridgehead atoms. The van der Waals surface area contributed by atoms with Crippen LogP contribution in [0.15, 0.2) is 49.1 Å². The molecule has 4 aromatic rings. The topological polar surface area (TPSA) is 147 Å². The first kappa shape index (κ1) is 15.4. The highest BCUT2D eigenvalue weighted by Crippen LogP contribution is 2.19. The van der Waals surface area contributed by atoms with Crippen LogP contribution in [0.5, 0.6) is 0 Å². The van der Waals surface area contributed by atoms with Crippen molar-refractivity contribution >= 4 is 17.5 Å². The lowest BCUT2D eigenvalue weighted by Gasteiger charge is -2.05. The average Bonchev–Trinajstić information content (AvgIpc) is 3.26. The van der Waals surface area contributed by atoms with E-state index in [1.807, 2.05) is 6.07 Å². The summed E-state index contributed by atoms with van der Waals surface area (Å²) in [6, 6.07) is 6.97. The van der Waals surface area contributed by atoms with E-state index in [4.69, 9.17) is 11.5 Å². The third kappa shape index (κ3) is 2.45. The van der Waals surface area contributed by atoms with Crippen LogP contribution >= 0.6 is 0 Å². The summed E-state index contributed by atoms with van der Waals surface area (Å²) >= 11 is 0. The molecule has 0 fully saturated rings. The number of hydrogen-bond acceptors (Lipinski definition) is 6. The van der Waals surface area contributed by atoms with Gasteiger partial charge in [0.25, 0.3) is 11.8 Å². The second-order valence-corrected chi connectivity index (χ2v) is 5.41. The molecule has 0 saturated heterocycles. The number of pyridine rings is 2. The van der Waals surface area contributed by atoms with E-state index in [1.54, 1.807) is 41.3 Å². The molecule has 0 aliphatic rings. The molecule has 10 nitrogen and oxygen atoms in total. The number of aromatic nitrogens is 6. The minimum atomic E-state index is -0.811. The van der Waals surface area contributed by atoms with Crippen LogP contribution in [-0.2, 0) is 0 Å². The summed E-state index contributed by atoms with van der Waals surface area (Å²) in [6.45, 7) is 0. The molecule has 0 aliphatic heterocycles. The lowest BCUT2D eigenvalue weighted by molar-refractivity contribution is 0.0963. The quantitative estimate of drug-likeness (QED) is 0.537. The van der Waals surface area contributed by atoms with Gasteiger partial charge in [-0.25, -0.2) is 14.2 Å². The number of hydrogen-bond donors (Lipinski definition) is 2. The van der Waals surface area contributed by atoms with Gasteiger partial charge in [0.1, 0.15) is 5.69 Å². The lowest BCUT2D eigenvalue weighted by atomic mass is 10.2. The maximum Gasteiger partial charge on any atom is 0.268 e. The van der Waals surface area contributed by atoms with Crippen molar-refractivity contribution in [1.29, 1.82) is 0 Å². The van der Waals surface area contributed by atoms with Gasteiger partial charge in [-0.1, -0.05) is 0 Å². The molecule has 4 rings (SSSR count). The first-order valence-corrected chi connectivity index (χ1v) is 7.49. The number of primary amides is 2. The minimum Gasteiger partial charge on any atom is -0.365 e. The van der Waals surface area contributed by atoms with Crippen LogP contribution in [0.2, 0.25) is 0 Å². The van der Waals surface area contributed by atoms with E-state index < -0.39 is 11.8 Å². The Balaban J connectivity index is 1.84. The van der Waals surface area contributed by atoms with Crippen LogP contribution in [-0.4, -0.2) is 41.2 Å². The van der Waals surface area contributed by atoms with Gasteiger partial charge in [0.2, 0.25) is 0 Å². The second-order valence-electron chi connectivity index (χ2n) is 5.41. The molecule has 4 N–H and O–H groups in total. The maximum atomic E-state index is 11.7. The van der Waals surface area contributed by atoms with Gasteiger partial charge in [-0.15, -0.1) is 5.10 Å². The third-order valence-electron chi connectivity index (χ3n) is 3.75. The summed E-state index contributed by atoms with van der Waals surface area (Å²) in [5.74, 6) is -1.09. The summed E-state index contributed by atoms with van der Waals surface area (Å²) in [5, 5.41) is 8.43. The fraction of sp³-hybridized carbons (Fsp3) is 0. The molecule has 128 valence electrons. The predicted molar refractivity (Wildman–Crippen MR) is 90.4 cm³/mol. The van der Waals surface area contributed by atoms with Crippen molar-refractivity contribution < 1.29 is 9.59 Å². The van der Waals surface area contributed by atoms with Gasteiger partial charge >= 0.3 is 0 Å². The number of carbonyl (C=O) groups is 2. The molecule has 4 heterocycles. The Bertz CT molecular complexity index is 1150. The van der Waals surface area contributed by atoms with Gasteiger partial charge in [-0.2, -0.15) is 5.10 Å². The molecule has 0 spiro atoms. The molecule has 4 aromatic heterocycles. The summed E-state index contributed by atoms with van der Waals surface area (Å²) in [7, 11) is 0. The van der Waals surface area contributed by atoms with Crippen LogP contribution in [0.3, 0.4) is 0 Å². The van der Waals surface area contributed by atoms with Gasteiger partial charge < -0.3 is 11.5 Å². The van der Waals surface area contributed by atoms with Gasteiger partial charge in [-0.05, 0) is 18.2 Å². The number of fused-ring (bicyclic) bond motifs is 1. The van der Waals surface area contributed by atoms with Gasteiger partial charge in [0, 0.05) is 30.2 Å². The maximum absolute atomic E-state index is 11.7. The third-order valence-corrected chi connectivity index (χ3v) is 3.75. The Labute approximate surface area is 146 Å². The normalized spacial score (nSPS) is 10.9. The molecule has 26 heavy (non-hydrogen) atoms. The van der Waals surface area contributed by atoms with E-state index in [9.17, 15) is 9.59 Å². The lowest BCUT2D eigenvalue weighted by Crippen LogP contribution is -2.22. The Hall–Kier alpha value is -4.08. The molecular formula is C16H12N8O2. The Morgan fingerprint density at radius 2 is 1.92 bits per heavy atom. The number of carbonyl (C=O) groups excluding carboxylic acids is 2. The van der Waals surface area contributed by atoms with Crippen molar-refractivity contribution in [3.8, 4) is 17.1 Å². The Kier molecular flexibility index (Phi) is 3.43. The highest BCUT2D eigenvalue weighted by Gasteiger charge is 2.21. The zero-order chi connectivity index (χ0) is 18.3. The Morgan fingerprint density at radius 1 is 1.08 bits per heavy atom. The monoisotopic (exact) mass is 348 g/mol. The van der Waals surface area contributed by atoms with Crippen LogP contribution in [0, 0.1) is 0 Å². The van der Waals surface area contributed by atoms with Crippen molar-refractivity contribution in [3.05, 3.63) is 60.3 Å². The van der Waals surface area contributed by atoms with Crippen molar-refractivity contribution in [2.45, 2.75) is 0 Å². The highest BCUT2D eigenvalue weighted by molar-refractivity contribution is 6.05. The predicted octanol–water partition coefficient (Wildman–Crippen LogP) is 0.175. The van der Waals surface area contributed by atoms with Crippen LogP contribution in [0.1, 0.15) is 20.8 Å². The summed E-state index contributed by atoms with van der Waals surface area (Å²) in [4.78, 5) is 31.7. The average molecular weight is 348 g/mol. The zero-order valence-corrected chi connectivity index (χ0v) is 13.3. The van der Waals surface area contributed by atoms with E-state index in [2.05, 4.69) is 20.2 Å². The first-order chi connectivity index (χ1) is 12.5. The van der Waals surface area contributed by atoms with Crippen molar-refractivity contribution in [2.75, 3.05) is 0 Å². The van der Waals surface area contributed by atoms with E-state index in [0.717, 1.165) is 5.56 Å². The summed E-state index contributed by atoms with van der Waals surface area (Å²) in [6.07, 6.45) is 6.19. The van der Waals surface area contributed by atoms with Crippen LogP contribution in [0.25, 0.3) is 22.7 Å². The van der Waals surface area contributed by atoms with Crippen molar-refractivity contribution in [2.24, 2.45) is 11.5 Å². The molecule has 2 amide bonds. The number of nitrogens with two attached hydrogens (primary N) is 2. The van der Waals surface area contributed by atoms with Crippen LogP contribution in [0.4, 0.5) is 0 Å². The van der Waals surface area contributed by atoms with Gasteiger partial charge in [0.05, 0.1) is 17.4 Å². The number of rotatable bonds is 4. The molecule has 0 aliphatic carbocycles. The molecule has 0 saturated carbocycles. The largest absolute Gasteiger partial charge is 0.365 e. The van der Waals surface area contributed by atoms with E-state index >= 15 is 0 Å². The number of amides is 2. The highest BCUT2D eigenvalue weighted by atomic mass is 16.2. The van der Waals surface area contributed by atoms with Gasteiger partial charge in [0.15, 0.2) is 11.5 Å².